The van der Waals surface area contributed by atoms with Crippen LogP contribution in [0.5, 0.6) is 11.5 Å². The third kappa shape index (κ3) is 4.19. The Kier molecular flexibility index (Phi) is 6.19. The van der Waals surface area contributed by atoms with Crippen LogP contribution in [0.4, 0.5) is 0 Å². The van der Waals surface area contributed by atoms with Crippen molar-refractivity contribution in [3.05, 3.63) is 106 Å². The number of benzene rings is 2. The molecule has 37 heavy (non-hydrogen) atoms. The number of fused-ring (bicyclic) bond motifs is 2. The molecule has 2 aliphatic rings. The highest BCUT2D eigenvalue weighted by Gasteiger charge is 2.35. The van der Waals surface area contributed by atoms with Crippen LogP contribution < -0.4 is 24.4 Å². The van der Waals surface area contributed by atoms with Crippen molar-refractivity contribution in [1.82, 2.24) is 4.57 Å². The molecule has 2 aromatic heterocycles. The Morgan fingerprint density at radius 3 is 2.70 bits per heavy atom. The summed E-state index contributed by atoms with van der Waals surface area (Å²) in [5, 5.41) is 2.35. The molecule has 10 heteroatoms. The number of carbonyl (C=O) groups is 1. The first kappa shape index (κ1) is 23.7. The standard InChI is InChI=1S/C27H19ClN2O5S2/c1-2-33-26(32)22-23(15-7-4-3-5-8-15)29-27-30(24(22)20-9-6-10-36-20)25(31)21(37-27)12-16-11-18-19(13-17(16)28)35-14-34-18/h3-13,24H,2,14H2,1H3/t24-/m1/s1. The molecule has 0 N–H and O–H groups in total. The fraction of sp³-hybridized carbons (Fsp3) is 0.148. The van der Waals surface area contributed by atoms with E-state index >= 15 is 0 Å². The smallest absolute Gasteiger partial charge is 0.338 e. The SMILES string of the molecule is CCOC(=O)C1=C(c2ccccc2)N=c2sc(=Cc3cc4c(cc3Cl)OCO4)c(=O)n2[C@@H]1c1cccs1. The topological polar surface area (TPSA) is 79.1 Å². The fourth-order valence-electron chi connectivity index (χ4n) is 4.34. The molecular formula is C27H19ClN2O5S2. The van der Waals surface area contributed by atoms with Gasteiger partial charge in [0.1, 0.15) is 6.04 Å². The van der Waals surface area contributed by atoms with Gasteiger partial charge in [-0.05, 0) is 36.1 Å². The van der Waals surface area contributed by atoms with E-state index in [9.17, 15) is 9.59 Å². The maximum Gasteiger partial charge on any atom is 0.338 e. The van der Waals surface area contributed by atoms with Crippen LogP contribution in [0.1, 0.15) is 29.0 Å². The number of carbonyl (C=O) groups excluding carboxylic acids is 1. The maximum atomic E-state index is 13.9. The minimum Gasteiger partial charge on any atom is -0.463 e. The van der Waals surface area contributed by atoms with E-state index in [0.29, 0.717) is 42.7 Å². The zero-order chi connectivity index (χ0) is 25.5. The molecule has 0 amide bonds. The van der Waals surface area contributed by atoms with Gasteiger partial charge in [-0.2, -0.15) is 0 Å². The average Bonchev–Trinajstić information content (AvgIpc) is 3.65. The summed E-state index contributed by atoms with van der Waals surface area (Å²) >= 11 is 9.20. The molecule has 0 bridgehead atoms. The molecule has 2 aromatic carbocycles. The summed E-state index contributed by atoms with van der Waals surface area (Å²) in [7, 11) is 0. The zero-order valence-corrected chi connectivity index (χ0v) is 21.9. The number of thiophene rings is 1. The summed E-state index contributed by atoms with van der Waals surface area (Å²) in [5.74, 6) is 0.625. The molecule has 2 aliphatic heterocycles. The van der Waals surface area contributed by atoms with Crippen molar-refractivity contribution in [1.29, 1.82) is 0 Å². The van der Waals surface area contributed by atoms with E-state index in [1.807, 2.05) is 47.8 Å². The lowest BCUT2D eigenvalue weighted by Gasteiger charge is -2.24. The fourth-order valence-corrected chi connectivity index (χ4v) is 6.36. The molecule has 0 spiro atoms. The predicted molar refractivity (Wildman–Crippen MR) is 143 cm³/mol. The first-order chi connectivity index (χ1) is 18.0. The van der Waals surface area contributed by atoms with Crippen LogP contribution in [-0.4, -0.2) is 23.9 Å². The Morgan fingerprint density at radius 1 is 1.19 bits per heavy atom. The van der Waals surface area contributed by atoms with E-state index in [4.69, 9.17) is 30.8 Å². The van der Waals surface area contributed by atoms with Crippen molar-refractivity contribution < 1.29 is 19.0 Å². The number of hydrogen-bond acceptors (Lipinski definition) is 8. The highest BCUT2D eigenvalue weighted by Crippen LogP contribution is 2.38. The van der Waals surface area contributed by atoms with E-state index < -0.39 is 12.0 Å². The van der Waals surface area contributed by atoms with Gasteiger partial charge in [0, 0.05) is 16.5 Å². The van der Waals surface area contributed by atoms with Gasteiger partial charge in [0.25, 0.3) is 5.56 Å². The Balaban J connectivity index is 1.61. The second kappa shape index (κ2) is 9.66. The first-order valence-electron chi connectivity index (χ1n) is 11.5. The van der Waals surface area contributed by atoms with Crippen LogP contribution in [0.25, 0.3) is 11.8 Å². The Morgan fingerprint density at radius 2 is 1.97 bits per heavy atom. The first-order valence-corrected chi connectivity index (χ1v) is 13.5. The number of hydrogen-bond donors (Lipinski definition) is 0. The molecule has 7 nitrogen and oxygen atoms in total. The molecule has 0 saturated carbocycles. The molecule has 4 heterocycles. The van der Waals surface area contributed by atoms with Crippen molar-refractivity contribution in [3.63, 3.8) is 0 Å². The molecule has 6 rings (SSSR count). The Bertz CT molecular complexity index is 1720. The molecule has 0 radical (unpaired) electrons. The second-order valence-electron chi connectivity index (χ2n) is 8.17. The maximum absolute atomic E-state index is 13.9. The number of aromatic nitrogens is 1. The molecule has 1 atom stereocenters. The molecule has 0 fully saturated rings. The quantitative estimate of drug-likeness (QED) is 0.345. The Labute approximate surface area is 224 Å². The summed E-state index contributed by atoms with van der Waals surface area (Å²) in [6.45, 7) is 2.08. The summed E-state index contributed by atoms with van der Waals surface area (Å²) in [4.78, 5) is 33.4. The molecule has 0 unspecified atom stereocenters. The van der Waals surface area contributed by atoms with Gasteiger partial charge in [-0.3, -0.25) is 9.36 Å². The van der Waals surface area contributed by atoms with Crippen molar-refractivity contribution in [3.8, 4) is 11.5 Å². The van der Waals surface area contributed by atoms with Gasteiger partial charge in [0.05, 0.1) is 27.4 Å². The van der Waals surface area contributed by atoms with Crippen LogP contribution in [0, 0.1) is 0 Å². The lowest BCUT2D eigenvalue weighted by molar-refractivity contribution is -0.138. The molecular weight excluding hydrogens is 532 g/mol. The lowest BCUT2D eigenvalue weighted by Crippen LogP contribution is -2.39. The van der Waals surface area contributed by atoms with Crippen LogP contribution in [-0.2, 0) is 9.53 Å². The van der Waals surface area contributed by atoms with Crippen LogP contribution >= 0.6 is 34.3 Å². The van der Waals surface area contributed by atoms with Crippen LogP contribution in [0.2, 0.25) is 5.02 Å². The largest absolute Gasteiger partial charge is 0.463 e. The highest BCUT2D eigenvalue weighted by molar-refractivity contribution is 7.10. The number of ether oxygens (including phenoxy) is 3. The second-order valence-corrected chi connectivity index (χ2v) is 10.6. The summed E-state index contributed by atoms with van der Waals surface area (Å²) < 4.78 is 18.3. The van der Waals surface area contributed by atoms with Gasteiger partial charge in [-0.25, -0.2) is 9.79 Å². The van der Waals surface area contributed by atoms with E-state index in [-0.39, 0.29) is 19.0 Å². The van der Waals surface area contributed by atoms with Gasteiger partial charge < -0.3 is 14.2 Å². The zero-order valence-electron chi connectivity index (χ0n) is 19.5. The molecule has 0 saturated heterocycles. The van der Waals surface area contributed by atoms with Crippen LogP contribution in [0.15, 0.2) is 75.3 Å². The highest BCUT2D eigenvalue weighted by atomic mass is 35.5. The summed E-state index contributed by atoms with van der Waals surface area (Å²) in [6, 6.07) is 16.0. The van der Waals surface area contributed by atoms with Gasteiger partial charge in [0.15, 0.2) is 16.3 Å². The van der Waals surface area contributed by atoms with Crippen LogP contribution in [0.3, 0.4) is 0 Å². The van der Waals surface area contributed by atoms with Crippen molar-refractivity contribution in [2.45, 2.75) is 13.0 Å². The normalized spacial score (nSPS) is 16.5. The van der Waals surface area contributed by atoms with Gasteiger partial charge in [-0.15, -0.1) is 11.3 Å². The molecule has 186 valence electrons. The van der Waals surface area contributed by atoms with E-state index in [1.165, 1.54) is 22.7 Å². The Hall–Kier alpha value is -3.66. The van der Waals surface area contributed by atoms with Gasteiger partial charge in [-0.1, -0.05) is 59.3 Å². The predicted octanol–water partition coefficient (Wildman–Crippen LogP) is 4.38. The van der Waals surface area contributed by atoms with Crippen molar-refractivity contribution in [2.75, 3.05) is 13.4 Å². The average molecular weight is 551 g/mol. The summed E-state index contributed by atoms with van der Waals surface area (Å²) in [6.07, 6.45) is 1.72. The molecule has 4 aromatic rings. The van der Waals surface area contributed by atoms with E-state index in [1.54, 1.807) is 29.7 Å². The minimum atomic E-state index is -0.681. The minimum absolute atomic E-state index is 0.122. The number of esters is 1. The van der Waals surface area contributed by atoms with Crippen molar-refractivity contribution >= 4 is 52.0 Å². The number of halogens is 1. The summed E-state index contributed by atoms with van der Waals surface area (Å²) in [5.41, 5.74) is 1.94. The lowest BCUT2D eigenvalue weighted by atomic mass is 9.97. The third-order valence-corrected chi connectivity index (χ3v) is 8.20. The number of rotatable bonds is 5. The van der Waals surface area contributed by atoms with E-state index in [0.717, 1.165) is 10.4 Å². The van der Waals surface area contributed by atoms with Crippen molar-refractivity contribution in [2.24, 2.45) is 4.99 Å². The van der Waals surface area contributed by atoms with Gasteiger partial charge >= 0.3 is 5.97 Å². The number of nitrogens with zero attached hydrogens (tertiary/aromatic N) is 2. The van der Waals surface area contributed by atoms with E-state index in [2.05, 4.69) is 0 Å². The monoisotopic (exact) mass is 550 g/mol. The number of thiazole rings is 1. The third-order valence-electron chi connectivity index (χ3n) is 5.96. The van der Waals surface area contributed by atoms with Gasteiger partial charge in [0.2, 0.25) is 6.79 Å². The molecule has 0 aliphatic carbocycles.